The van der Waals surface area contributed by atoms with Gasteiger partial charge in [-0.25, -0.2) is 4.79 Å². The molecule has 0 saturated heterocycles. The molecule has 108 valence electrons. The number of nitrogens with one attached hydrogen (secondary N) is 1. The van der Waals surface area contributed by atoms with E-state index in [1.54, 1.807) is 31.2 Å². The highest BCUT2D eigenvalue weighted by molar-refractivity contribution is 5.95. The molecule has 0 aromatic heterocycles. The Morgan fingerprint density at radius 1 is 1.40 bits per heavy atom. The highest BCUT2D eigenvalue weighted by atomic mass is 16.5. The summed E-state index contributed by atoms with van der Waals surface area (Å²) in [5.74, 6) is -0.443. The fraction of sp³-hybridized carbons (Fsp3) is 0.467. The second-order valence-corrected chi connectivity index (χ2v) is 5.06. The first-order valence-electron chi connectivity index (χ1n) is 6.93. The van der Waals surface area contributed by atoms with Crippen LogP contribution in [0.15, 0.2) is 24.3 Å². The lowest BCUT2D eigenvalue weighted by molar-refractivity contribution is -0.119. The van der Waals surface area contributed by atoms with Gasteiger partial charge in [-0.3, -0.25) is 4.79 Å². The summed E-state index contributed by atoms with van der Waals surface area (Å²) in [5, 5.41) is 2.84. The molecule has 1 amide bonds. The van der Waals surface area contributed by atoms with Gasteiger partial charge in [-0.15, -0.1) is 0 Å². The fourth-order valence-corrected chi connectivity index (χ4v) is 2.44. The first-order valence-corrected chi connectivity index (χ1v) is 6.93. The Labute approximate surface area is 118 Å². The average Bonchev–Trinajstić information content (AvgIpc) is 2.86. The van der Waals surface area contributed by atoms with E-state index < -0.39 is 0 Å². The monoisotopic (exact) mass is 276 g/mol. The smallest absolute Gasteiger partial charge is 0.338 e. The van der Waals surface area contributed by atoms with Crippen molar-refractivity contribution >= 4 is 17.6 Å². The lowest BCUT2D eigenvalue weighted by Gasteiger charge is -2.11. The second kappa shape index (κ2) is 6.52. The van der Waals surface area contributed by atoms with Crippen LogP contribution in [-0.4, -0.2) is 24.5 Å². The number of rotatable bonds is 4. The van der Waals surface area contributed by atoms with Crippen molar-refractivity contribution in [2.24, 2.45) is 11.7 Å². The highest BCUT2D eigenvalue weighted by Crippen LogP contribution is 2.25. The van der Waals surface area contributed by atoms with E-state index in [9.17, 15) is 9.59 Å². The molecule has 1 fully saturated rings. The molecule has 1 aliphatic carbocycles. The van der Waals surface area contributed by atoms with Gasteiger partial charge in [0, 0.05) is 17.6 Å². The molecule has 1 saturated carbocycles. The van der Waals surface area contributed by atoms with Crippen LogP contribution in [0.2, 0.25) is 0 Å². The van der Waals surface area contributed by atoms with E-state index in [1.807, 2.05) is 0 Å². The molecule has 0 heterocycles. The van der Waals surface area contributed by atoms with Crippen LogP contribution in [0.25, 0.3) is 0 Å². The van der Waals surface area contributed by atoms with Gasteiger partial charge in [0.15, 0.2) is 0 Å². The molecule has 20 heavy (non-hydrogen) atoms. The summed E-state index contributed by atoms with van der Waals surface area (Å²) in [5.41, 5.74) is 6.86. The van der Waals surface area contributed by atoms with Crippen molar-refractivity contribution in [3.05, 3.63) is 29.8 Å². The van der Waals surface area contributed by atoms with Crippen molar-refractivity contribution in [2.75, 3.05) is 11.9 Å². The Morgan fingerprint density at radius 3 is 2.85 bits per heavy atom. The van der Waals surface area contributed by atoms with Gasteiger partial charge >= 0.3 is 5.97 Å². The maximum absolute atomic E-state index is 12.1. The van der Waals surface area contributed by atoms with Crippen LogP contribution in [0, 0.1) is 5.92 Å². The molecule has 5 nitrogen and oxygen atoms in total. The molecule has 5 heteroatoms. The minimum Gasteiger partial charge on any atom is -0.462 e. The number of hydrogen-bond acceptors (Lipinski definition) is 4. The molecular weight excluding hydrogens is 256 g/mol. The van der Waals surface area contributed by atoms with Crippen molar-refractivity contribution in [3.63, 3.8) is 0 Å². The Bertz CT molecular complexity index is 502. The molecule has 0 radical (unpaired) electrons. The molecule has 0 bridgehead atoms. The minimum absolute atomic E-state index is 0.0287. The molecule has 1 aliphatic rings. The van der Waals surface area contributed by atoms with Crippen molar-refractivity contribution in [2.45, 2.75) is 32.2 Å². The highest BCUT2D eigenvalue weighted by Gasteiger charge is 2.27. The minimum atomic E-state index is -0.383. The zero-order chi connectivity index (χ0) is 14.5. The first kappa shape index (κ1) is 14.5. The van der Waals surface area contributed by atoms with Gasteiger partial charge in [0.05, 0.1) is 12.2 Å². The molecule has 2 rings (SSSR count). The van der Waals surface area contributed by atoms with Gasteiger partial charge in [0.25, 0.3) is 0 Å². The fourth-order valence-electron chi connectivity index (χ4n) is 2.44. The molecule has 1 aromatic carbocycles. The maximum atomic E-state index is 12.1. The van der Waals surface area contributed by atoms with Gasteiger partial charge in [0.1, 0.15) is 0 Å². The van der Waals surface area contributed by atoms with Crippen LogP contribution >= 0.6 is 0 Å². The van der Waals surface area contributed by atoms with Gasteiger partial charge in [-0.05, 0) is 44.4 Å². The third kappa shape index (κ3) is 3.57. The van der Waals surface area contributed by atoms with Crippen LogP contribution in [0.5, 0.6) is 0 Å². The standard InChI is InChI=1S/C15H20N2O3/c1-2-20-15(19)11-4-3-5-13(9-11)17-14(18)10-6-7-12(16)8-10/h3-5,9-10,12H,2,6-8,16H2,1H3,(H,17,18). The number of esters is 1. The summed E-state index contributed by atoms with van der Waals surface area (Å²) < 4.78 is 4.93. The topological polar surface area (TPSA) is 81.4 Å². The van der Waals surface area contributed by atoms with Gasteiger partial charge < -0.3 is 15.8 Å². The zero-order valence-electron chi connectivity index (χ0n) is 11.6. The van der Waals surface area contributed by atoms with E-state index in [-0.39, 0.29) is 23.8 Å². The SMILES string of the molecule is CCOC(=O)c1cccc(NC(=O)C2CCC(N)C2)c1. The first-order chi connectivity index (χ1) is 9.60. The second-order valence-electron chi connectivity index (χ2n) is 5.06. The van der Waals surface area contributed by atoms with E-state index in [1.165, 1.54) is 0 Å². The number of nitrogens with two attached hydrogens (primary N) is 1. The number of ether oxygens (including phenoxy) is 1. The largest absolute Gasteiger partial charge is 0.462 e. The van der Waals surface area contributed by atoms with Crippen molar-refractivity contribution < 1.29 is 14.3 Å². The van der Waals surface area contributed by atoms with Crippen LogP contribution in [-0.2, 0) is 9.53 Å². The van der Waals surface area contributed by atoms with E-state index in [4.69, 9.17) is 10.5 Å². The third-order valence-electron chi connectivity index (χ3n) is 3.49. The van der Waals surface area contributed by atoms with Gasteiger partial charge in [0.2, 0.25) is 5.91 Å². The third-order valence-corrected chi connectivity index (χ3v) is 3.49. The predicted molar refractivity (Wildman–Crippen MR) is 76.3 cm³/mol. The lowest BCUT2D eigenvalue weighted by Crippen LogP contribution is -2.23. The predicted octanol–water partition coefficient (Wildman–Crippen LogP) is 1.93. The number of amides is 1. The molecule has 0 spiro atoms. The Hall–Kier alpha value is -1.88. The van der Waals surface area contributed by atoms with E-state index in [0.717, 1.165) is 19.3 Å². The van der Waals surface area contributed by atoms with Crippen LogP contribution in [0.1, 0.15) is 36.5 Å². The molecule has 2 atom stereocenters. The summed E-state index contributed by atoms with van der Waals surface area (Å²) in [4.78, 5) is 23.7. The van der Waals surface area contributed by atoms with Gasteiger partial charge in [-0.1, -0.05) is 6.07 Å². The number of hydrogen-bond donors (Lipinski definition) is 2. The molecule has 2 unspecified atom stereocenters. The normalized spacial score (nSPS) is 21.5. The Balaban J connectivity index is 2.00. The lowest BCUT2D eigenvalue weighted by atomic mass is 10.1. The molecule has 1 aromatic rings. The van der Waals surface area contributed by atoms with E-state index >= 15 is 0 Å². The summed E-state index contributed by atoms with van der Waals surface area (Å²) in [6, 6.07) is 6.90. The summed E-state index contributed by atoms with van der Waals surface area (Å²) in [6.45, 7) is 2.09. The van der Waals surface area contributed by atoms with Crippen LogP contribution < -0.4 is 11.1 Å². The molecular formula is C15H20N2O3. The number of benzene rings is 1. The quantitative estimate of drug-likeness (QED) is 0.823. The van der Waals surface area contributed by atoms with Crippen molar-refractivity contribution in [1.82, 2.24) is 0 Å². The van der Waals surface area contributed by atoms with E-state index in [2.05, 4.69) is 5.32 Å². The van der Waals surface area contributed by atoms with Gasteiger partial charge in [-0.2, -0.15) is 0 Å². The van der Waals surface area contributed by atoms with Crippen LogP contribution in [0.4, 0.5) is 5.69 Å². The number of anilines is 1. The molecule has 0 aliphatic heterocycles. The number of carbonyl (C=O) groups excluding carboxylic acids is 2. The summed E-state index contributed by atoms with van der Waals surface area (Å²) in [6.07, 6.45) is 2.44. The summed E-state index contributed by atoms with van der Waals surface area (Å²) in [7, 11) is 0. The van der Waals surface area contributed by atoms with Crippen molar-refractivity contribution in [3.8, 4) is 0 Å². The van der Waals surface area contributed by atoms with E-state index in [0.29, 0.717) is 17.9 Å². The zero-order valence-corrected chi connectivity index (χ0v) is 11.6. The van der Waals surface area contributed by atoms with Crippen LogP contribution in [0.3, 0.4) is 0 Å². The number of carbonyl (C=O) groups is 2. The summed E-state index contributed by atoms with van der Waals surface area (Å²) >= 11 is 0. The Kier molecular flexibility index (Phi) is 4.74. The average molecular weight is 276 g/mol. The maximum Gasteiger partial charge on any atom is 0.338 e. The van der Waals surface area contributed by atoms with Crippen molar-refractivity contribution in [1.29, 1.82) is 0 Å². The molecule has 3 N–H and O–H groups in total. The Morgan fingerprint density at radius 2 is 2.20 bits per heavy atom.